The van der Waals surface area contributed by atoms with Crippen molar-refractivity contribution >= 4 is 5.78 Å². The van der Waals surface area contributed by atoms with Gasteiger partial charge in [-0.05, 0) is 13.3 Å². The van der Waals surface area contributed by atoms with Crippen molar-refractivity contribution in [1.29, 1.82) is 0 Å². The molecule has 5 heteroatoms. The molecule has 0 spiro atoms. The quantitative estimate of drug-likeness (QED) is 0.453. The third-order valence-corrected chi connectivity index (χ3v) is 1.50. The van der Waals surface area contributed by atoms with E-state index in [9.17, 15) is 13.6 Å². The Morgan fingerprint density at radius 2 is 2.18 bits per heavy atom. The van der Waals surface area contributed by atoms with Crippen LogP contribution < -0.4 is 51.4 Å². The zero-order valence-electron chi connectivity index (χ0n) is 6.60. The molecule has 0 amide bonds. The second-order valence-corrected chi connectivity index (χ2v) is 2.53. The summed E-state index contributed by atoms with van der Waals surface area (Å²) in [6, 6.07) is -0.755. The number of carbonyl (C=O) groups is 1. The largest absolute Gasteiger partial charge is 1.00 e. The number of carbonyl (C=O) groups excluding carboxylic acids is 1. The average Bonchev–Trinajstić information content (AvgIpc) is 2.10. The first-order chi connectivity index (χ1) is 4.51. The van der Waals surface area contributed by atoms with E-state index in [4.69, 9.17) is 0 Å². The molecule has 1 rings (SSSR count). The molecule has 0 saturated carbocycles. The maximum Gasteiger partial charge on any atom is 1.00 e. The van der Waals surface area contributed by atoms with Gasteiger partial charge in [0.1, 0.15) is 5.78 Å². The van der Waals surface area contributed by atoms with E-state index in [1.165, 1.54) is 6.92 Å². The fourth-order valence-electron chi connectivity index (χ4n) is 0.928. The topological polar surface area (TPSA) is 31.2 Å². The third-order valence-electron chi connectivity index (χ3n) is 1.50. The zero-order valence-corrected chi connectivity index (χ0v) is 9.73. The maximum atomic E-state index is 12.3. The molecule has 1 aliphatic heterocycles. The van der Waals surface area contributed by atoms with Crippen LogP contribution in [0.25, 0.3) is 5.32 Å². The first-order valence-electron chi connectivity index (χ1n) is 3.06. The molecule has 1 heterocycles. The minimum absolute atomic E-state index is 0. The summed E-state index contributed by atoms with van der Waals surface area (Å²) in [6.07, 6.45) is -0.400. The van der Waals surface area contributed by atoms with Crippen LogP contribution in [0.2, 0.25) is 0 Å². The van der Waals surface area contributed by atoms with Gasteiger partial charge in [0.2, 0.25) is 5.92 Å². The van der Waals surface area contributed by atoms with Gasteiger partial charge in [0, 0.05) is 0 Å². The van der Waals surface area contributed by atoms with Crippen LogP contribution in [0.3, 0.4) is 0 Å². The van der Waals surface area contributed by atoms with Gasteiger partial charge in [-0.3, -0.25) is 0 Å². The molecule has 1 unspecified atom stereocenters. The Morgan fingerprint density at radius 3 is 2.36 bits per heavy atom. The number of rotatable bonds is 1. The molecular weight excluding hydrogens is 179 g/mol. The summed E-state index contributed by atoms with van der Waals surface area (Å²) < 4.78 is 24.6. The normalized spacial score (nSPS) is 27.7. The number of halogens is 2. The minimum Gasteiger partial charge on any atom is -0.648 e. The smallest absolute Gasteiger partial charge is 0.648 e. The van der Waals surface area contributed by atoms with Crippen LogP contribution in [0.1, 0.15) is 13.3 Å². The summed E-state index contributed by atoms with van der Waals surface area (Å²) in [7, 11) is 0. The van der Waals surface area contributed by atoms with Crippen molar-refractivity contribution in [2.75, 3.05) is 6.54 Å². The van der Waals surface area contributed by atoms with Crippen molar-refractivity contribution in [3.8, 4) is 0 Å². The van der Waals surface area contributed by atoms with Gasteiger partial charge in [-0.25, -0.2) is 8.78 Å². The summed E-state index contributed by atoms with van der Waals surface area (Å²) in [5, 5.41) is 3.49. The zero-order chi connectivity index (χ0) is 7.78. The number of hydrogen-bond acceptors (Lipinski definition) is 1. The molecule has 1 aliphatic rings. The van der Waals surface area contributed by atoms with E-state index in [0.717, 1.165) is 0 Å². The van der Waals surface area contributed by atoms with E-state index >= 15 is 0 Å². The average molecular weight is 187 g/mol. The molecule has 0 N–H and O–H groups in total. The molecule has 0 aromatic heterocycles. The molecule has 11 heavy (non-hydrogen) atoms. The first kappa shape index (κ1) is 12.1. The predicted octanol–water partition coefficient (Wildman–Crippen LogP) is -1.64. The summed E-state index contributed by atoms with van der Waals surface area (Å²) in [5.74, 6) is -3.01. The number of Topliss-reactive ketones (excluding diaryl/α,β-unsaturated/α-hetero) is 1. The number of nitrogens with zero attached hydrogens (tertiary/aromatic N) is 1. The molecule has 1 atom stereocenters. The van der Waals surface area contributed by atoms with Crippen LogP contribution in [-0.2, 0) is 4.79 Å². The van der Waals surface area contributed by atoms with Crippen LogP contribution in [0.4, 0.5) is 8.78 Å². The Labute approximate surface area is 107 Å². The van der Waals surface area contributed by atoms with E-state index in [-0.39, 0.29) is 57.2 Å². The Kier molecular flexibility index (Phi) is 4.84. The van der Waals surface area contributed by atoms with Crippen LogP contribution >= 0.6 is 0 Å². The molecule has 58 valence electrons. The van der Waals surface area contributed by atoms with Crippen LogP contribution in [0.15, 0.2) is 0 Å². The molecule has 0 aromatic carbocycles. The van der Waals surface area contributed by atoms with Crippen LogP contribution in [0.5, 0.6) is 0 Å². The van der Waals surface area contributed by atoms with Gasteiger partial charge in [0.25, 0.3) is 0 Å². The van der Waals surface area contributed by atoms with Gasteiger partial charge in [-0.1, -0.05) is 12.6 Å². The van der Waals surface area contributed by atoms with Crippen LogP contribution in [0, 0.1) is 0 Å². The van der Waals surface area contributed by atoms with Gasteiger partial charge in [-0.2, -0.15) is 0 Å². The van der Waals surface area contributed by atoms with Crippen molar-refractivity contribution in [3.63, 3.8) is 0 Å². The minimum atomic E-state index is -2.74. The van der Waals surface area contributed by atoms with Crippen LogP contribution in [-0.4, -0.2) is 24.3 Å². The molecule has 2 nitrogen and oxygen atoms in total. The summed E-state index contributed by atoms with van der Waals surface area (Å²) in [5.41, 5.74) is 0. The Bertz CT molecular complexity index is 163. The third kappa shape index (κ3) is 3.56. The summed E-state index contributed by atoms with van der Waals surface area (Å²) in [6.45, 7) is 0.798. The SMILES string of the molecule is CC(=O)C1CC(F)(F)C[N-]1.[K+]. The van der Waals surface area contributed by atoms with Crippen molar-refractivity contribution in [2.24, 2.45) is 0 Å². The van der Waals surface area contributed by atoms with Crippen molar-refractivity contribution in [3.05, 3.63) is 5.32 Å². The molecule has 0 aliphatic carbocycles. The Balaban J connectivity index is 0.000001000. The second kappa shape index (κ2) is 4.39. The van der Waals surface area contributed by atoms with E-state index < -0.39 is 24.9 Å². The van der Waals surface area contributed by atoms with Gasteiger partial charge < -0.3 is 10.1 Å². The molecule has 0 bridgehead atoms. The van der Waals surface area contributed by atoms with E-state index in [1.807, 2.05) is 0 Å². The Morgan fingerprint density at radius 1 is 1.64 bits per heavy atom. The fraction of sp³-hybridized carbons (Fsp3) is 0.833. The van der Waals surface area contributed by atoms with E-state index in [0.29, 0.717) is 0 Å². The molecular formula is C6H8F2KNO. The monoisotopic (exact) mass is 187 g/mol. The first-order valence-corrected chi connectivity index (χ1v) is 3.06. The fourth-order valence-corrected chi connectivity index (χ4v) is 0.928. The Hall–Kier alpha value is 1.13. The number of hydrogen-bond donors (Lipinski definition) is 0. The summed E-state index contributed by atoms with van der Waals surface area (Å²) in [4.78, 5) is 10.5. The predicted molar refractivity (Wildman–Crippen MR) is 32.3 cm³/mol. The van der Waals surface area contributed by atoms with E-state index in [2.05, 4.69) is 5.32 Å². The second-order valence-electron chi connectivity index (χ2n) is 2.53. The van der Waals surface area contributed by atoms with Crippen molar-refractivity contribution in [1.82, 2.24) is 0 Å². The van der Waals surface area contributed by atoms with Gasteiger partial charge >= 0.3 is 51.4 Å². The maximum absolute atomic E-state index is 12.3. The molecule has 0 aromatic rings. The number of alkyl halides is 2. The molecule has 1 fully saturated rings. The molecule has 0 radical (unpaired) electrons. The van der Waals surface area contributed by atoms with E-state index in [1.54, 1.807) is 0 Å². The molecule has 1 saturated heterocycles. The van der Waals surface area contributed by atoms with Crippen molar-refractivity contribution < 1.29 is 65.0 Å². The summed E-state index contributed by atoms with van der Waals surface area (Å²) >= 11 is 0. The van der Waals surface area contributed by atoms with Crippen molar-refractivity contribution in [2.45, 2.75) is 25.3 Å². The van der Waals surface area contributed by atoms with Gasteiger partial charge in [0.15, 0.2) is 0 Å². The van der Waals surface area contributed by atoms with Gasteiger partial charge in [0.05, 0.1) is 0 Å². The standard InChI is InChI=1S/C6H8F2NO.K/c1-4(10)5-2-6(7,8)3-9-5;/h5H,2-3H2,1H3;/q-1;+1. The van der Waals surface area contributed by atoms with Gasteiger partial charge in [-0.15, -0.1) is 0 Å². The number of ketones is 1.